The van der Waals surface area contributed by atoms with Crippen LogP contribution in [0.15, 0.2) is 0 Å². The van der Waals surface area contributed by atoms with Crippen LogP contribution in [0.25, 0.3) is 0 Å². The molecule has 1 unspecified atom stereocenters. The van der Waals surface area contributed by atoms with Crippen molar-refractivity contribution in [1.82, 2.24) is 0 Å². The molecule has 3 nitrogen and oxygen atoms in total. The molecule has 0 aliphatic rings. The zero-order chi connectivity index (χ0) is 9.07. The van der Waals surface area contributed by atoms with E-state index < -0.39 is 5.97 Å². The largest absolute Gasteiger partial charge is 0.344 e. The lowest BCUT2D eigenvalue weighted by Gasteiger charge is -2.20. The van der Waals surface area contributed by atoms with Gasteiger partial charge in [-0.2, -0.15) is 0 Å². The predicted molar refractivity (Wildman–Crippen MR) is 42.6 cm³/mol. The smallest absolute Gasteiger partial charge is 0.275 e. The Kier molecular flexibility index (Phi) is 4.00. The second-order valence-electron chi connectivity index (χ2n) is 3.71. The summed E-state index contributed by atoms with van der Waals surface area (Å²) < 4.78 is 0. The van der Waals surface area contributed by atoms with E-state index in [2.05, 4.69) is 13.8 Å². The highest BCUT2D eigenvalue weighted by Gasteiger charge is 2.22. The van der Waals surface area contributed by atoms with E-state index in [0.717, 1.165) is 6.42 Å². The average Bonchev–Trinajstić information content (AvgIpc) is 1.53. The SMILES string of the molecule is CC(C)CC(C)CC(O)(O)O. The molecule has 0 rings (SSSR count). The Balaban J connectivity index is 3.61. The van der Waals surface area contributed by atoms with Crippen LogP contribution in [0.2, 0.25) is 0 Å². The highest BCUT2D eigenvalue weighted by Crippen LogP contribution is 2.18. The van der Waals surface area contributed by atoms with Crippen LogP contribution in [0.5, 0.6) is 0 Å². The van der Waals surface area contributed by atoms with Gasteiger partial charge in [0.25, 0.3) is 5.97 Å². The highest BCUT2D eigenvalue weighted by molar-refractivity contribution is 4.59. The molecule has 0 aliphatic heterocycles. The molecule has 0 spiro atoms. The van der Waals surface area contributed by atoms with E-state index in [-0.39, 0.29) is 12.3 Å². The molecule has 0 amide bonds. The lowest BCUT2D eigenvalue weighted by molar-refractivity contribution is -0.319. The van der Waals surface area contributed by atoms with Crippen LogP contribution in [0.3, 0.4) is 0 Å². The van der Waals surface area contributed by atoms with Gasteiger partial charge in [0, 0.05) is 6.42 Å². The molecule has 68 valence electrons. The summed E-state index contributed by atoms with van der Waals surface area (Å²) in [6.45, 7) is 6.01. The van der Waals surface area contributed by atoms with Crippen LogP contribution < -0.4 is 0 Å². The summed E-state index contributed by atoms with van der Waals surface area (Å²) in [7, 11) is 0. The fourth-order valence-electron chi connectivity index (χ4n) is 1.36. The summed E-state index contributed by atoms with van der Waals surface area (Å²) >= 11 is 0. The fourth-order valence-corrected chi connectivity index (χ4v) is 1.36. The van der Waals surface area contributed by atoms with Gasteiger partial charge < -0.3 is 15.3 Å². The Hall–Kier alpha value is -0.120. The summed E-state index contributed by atoms with van der Waals surface area (Å²) in [4.78, 5) is 0. The standard InChI is InChI=1S/C8H18O3/c1-6(2)4-7(3)5-8(9,10)11/h6-7,9-11H,4-5H2,1-3H3. The molecule has 0 saturated heterocycles. The predicted octanol–water partition coefficient (Wildman–Crippen LogP) is 0.689. The van der Waals surface area contributed by atoms with Crippen molar-refractivity contribution in [2.75, 3.05) is 0 Å². The maximum absolute atomic E-state index is 8.61. The van der Waals surface area contributed by atoms with Crippen LogP contribution in [-0.2, 0) is 0 Å². The summed E-state index contributed by atoms with van der Waals surface area (Å²) in [6.07, 6.45) is 0.911. The Morgan fingerprint density at radius 1 is 1.09 bits per heavy atom. The van der Waals surface area contributed by atoms with Gasteiger partial charge >= 0.3 is 0 Å². The summed E-state index contributed by atoms with van der Waals surface area (Å²) in [5.41, 5.74) is 0. The normalized spacial score (nSPS) is 15.5. The third-order valence-corrected chi connectivity index (χ3v) is 1.50. The number of hydrogen-bond acceptors (Lipinski definition) is 3. The topological polar surface area (TPSA) is 60.7 Å². The van der Waals surface area contributed by atoms with E-state index in [1.165, 1.54) is 0 Å². The first-order chi connectivity index (χ1) is 4.81. The van der Waals surface area contributed by atoms with Crippen molar-refractivity contribution in [2.45, 2.75) is 39.6 Å². The van der Waals surface area contributed by atoms with Crippen LogP contribution >= 0.6 is 0 Å². The molecule has 1 atom stereocenters. The molecule has 0 aromatic carbocycles. The summed E-state index contributed by atoms with van der Waals surface area (Å²) in [5, 5.41) is 25.8. The molecule has 11 heavy (non-hydrogen) atoms. The van der Waals surface area contributed by atoms with Gasteiger partial charge in [0.2, 0.25) is 0 Å². The van der Waals surface area contributed by atoms with Crippen molar-refractivity contribution in [3.8, 4) is 0 Å². The molecule has 0 fully saturated rings. The Labute approximate surface area is 67.7 Å². The van der Waals surface area contributed by atoms with Crippen molar-refractivity contribution in [1.29, 1.82) is 0 Å². The zero-order valence-corrected chi connectivity index (χ0v) is 7.41. The third-order valence-electron chi connectivity index (χ3n) is 1.50. The summed E-state index contributed by atoms with van der Waals surface area (Å²) in [6, 6.07) is 0. The number of aliphatic hydroxyl groups is 3. The molecule has 0 radical (unpaired) electrons. The fraction of sp³-hybridized carbons (Fsp3) is 1.00. The Bertz CT molecular complexity index is 104. The van der Waals surface area contributed by atoms with Gasteiger partial charge in [0.05, 0.1) is 0 Å². The number of hydrogen-bond donors (Lipinski definition) is 3. The van der Waals surface area contributed by atoms with Crippen molar-refractivity contribution in [3.05, 3.63) is 0 Å². The lowest BCUT2D eigenvalue weighted by atomic mass is 9.95. The molecule has 0 saturated carbocycles. The van der Waals surface area contributed by atoms with Crippen LogP contribution in [0.4, 0.5) is 0 Å². The second-order valence-corrected chi connectivity index (χ2v) is 3.71. The number of rotatable bonds is 4. The molecule has 0 aliphatic carbocycles. The molecule has 0 aromatic rings. The van der Waals surface area contributed by atoms with E-state index in [1.807, 2.05) is 6.92 Å². The molecule has 0 bridgehead atoms. The molecule has 3 N–H and O–H groups in total. The van der Waals surface area contributed by atoms with Gasteiger partial charge in [0.1, 0.15) is 0 Å². The zero-order valence-electron chi connectivity index (χ0n) is 7.41. The Morgan fingerprint density at radius 3 is 1.82 bits per heavy atom. The first kappa shape index (κ1) is 10.9. The van der Waals surface area contributed by atoms with E-state index in [1.54, 1.807) is 0 Å². The first-order valence-corrected chi connectivity index (χ1v) is 3.98. The molecule has 3 heteroatoms. The van der Waals surface area contributed by atoms with Crippen LogP contribution in [-0.4, -0.2) is 21.3 Å². The third kappa shape index (κ3) is 7.78. The van der Waals surface area contributed by atoms with Crippen molar-refractivity contribution in [2.24, 2.45) is 11.8 Å². The molecule has 0 aromatic heterocycles. The minimum Gasteiger partial charge on any atom is -0.344 e. The van der Waals surface area contributed by atoms with Gasteiger partial charge in [-0.1, -0.05) is 20.8 Å². The average molecular weight is 162 g/mol. The first-order valence-electron chi connectivity index (χ1n) is 3.98. The second kappa shape index (κ2) is 4.04. The quantitative estimate of drug-likeness (QED) is 0.533. The van der Waals surface area contributed by atoms with Gasteiger partial charge in [0.15, 0.2) is 0 Å². The van der Waals surface area contributed by atoms with Gasteiger partial charge in [-0.25, -0.2) is 0 Å². The van der Waals surface area contributed by atoms with E-state index in [0.29, 0.717) is 5.92 Å². The monoisotopic (exact) mass is 162 g/mol. The van der Waals surface area contributed by atoms with Gasteiger partial charge in [-0.3, -0.25) is 0 Å². The highest BCUT2D eigenvalue weighted by atomic mass is 16.7. The lowest BCUT2D eigenvalue weighted by Crippen LogP contribution is -2.29. The van der Waals surface area contributed by atoms with Crippen LogP contribution in [0.1, 0.15) is 33.6 Å². The van der Waals surface area contributed by atoms with Crippen molar-refractivity contribution >= 4 is 0 Å². The minimum absolute atomic E-state index is 0.0190. The maximum atomic E-state index is 8.61. The van der Waals surface area contributed by atoms with E-state index >= 15 is 0 Å². The van der Waals surface area contributed by atoms with Crippen LogP contribution in [0, 0.1) is 11.8 Å². The molecular formula is C8H18O3. The maximum Gasteiger partial charge on any atom is 0.275 e. The summed E-state index contributed by atoms with van der Waals surface area (Å²) in [5.74, 6) is -1.84. The van der Waals surface area contributed by atoms with Crippen molar-refractivity contribution < 1.29 is 15.3 Å². The van der Waals surface area contributed by atoms with Crippen molar-refractivity contribution in [3.63, 3.8) is 0 Å². The van der Waals surface area contributed by atoms with Gasteiger partial charge in [-0.05, 0) is 18.3 Å². The Morgan fingerprint density at radius 2 is 1.55 bits per heavy atom. The van der Waals surface area contributed by atoms with E-state index in [9.17, 15) is 0 Å². The van der Waals surface area contributed by atoms with Gasteiger partial charge in [-0.15, -0.1) is 0 Å². The molecular weight excluding hydrogens is 144 g/mol. The minimum atomic E-state index is -2.49. The molecule has 0 heterocycles. The van der Waals surface area contributed by atoms with E-state index in [4.69, 9.17) is 15.3 Å².